The SMILES string of the molecule is C=CC[C@H](N)c1c(Cl)cccc1I. The van der Waals surface area contributed by atoms with E-state index < -0.39 is 0 Å². The third-order valence-corrected chi connectivity index (χ3v) is 3.06. The Bertz CT molecular complexity index is 292. The molecule has 1 nitrogen and oxygen atoms in total. The molecule has 70 valence electrons. The van der Waals surface area contributed by atoms with Crippen LogP contribution >= 0.6 is 34.2 Å². The summed E-state index contributed by atoms with van der Waals surface area (Å²) in [5.41, 5.74) is 6.96. The number of halogens is 2. The zero-order valence-electron chi connectivity index (χ0n) is 7.13. The third-order valence-electron chi connectivity index (χ3n) is 1.79. The van der Waals surface area contributed by atoms with Crippen LogP contribution in [0.25, 0.3) is 0 Å². The molecule has 1 rings (SSSR count). The van der Waals surface area contributed by atoms with Gasteiger partial charge in [0.2, 0.25) is 0 Å². The smallest absolute Gasteiger partial charge is 0.0464 e. The highest BCUT2D eigenvalue weighted by Crippen LogP contribution is 2.28. The molecule has 0 heterocycles. The molecule has 0 aliphatic rings. The van der Waals surface area contributed by atoms with Gasteiger partial charge in [-0.1, -0.05) is 23.7 Å². The summed E-state index contributed by atoms with van der Waals surface area (Å²) in [6, 6.07) is 5.75. The van der Waals surface area contributed by atoms with Crippen LogP contribution in [0.2, 0.25) is 5.02 Å². The van der Waals surface area contributed by atoms with E-state index >= 15 is 0 Å². The quantitative estimate of drug-likeness (QED) is 0.671. The van der Waals surface area contributed by atoms with Gasteiger partial charge in [-0.05, 0) is 41.1 Å². The molecule has 0 aliphatic heterocycles. The largest absolute Gasteiger partial charge is 0.324 e. The van der Waals surface area contributed by atoms with Crippen molar-refractivity contribution in [1.82, 2.24) is 0 Å². The minimum atomic E-state index is -0.0434. The maximum atomic E-state index is 6.04. The lowest BCUT2D eigenvalue weighted by molar-refractivity contribution is 0.738. The van der Waals surface area contributed by atoms with Gasteiger partial charge in [-0.25, -0.2) is 0 Å². The molecule has 0 saturated carbocycles. The average Bonchev–Trinajstić information content (AvgIpc) is 2.04. The molecule has 2 N–H and O–H groups in total. The van der Waals surface area contributed by atoms with E-state index in [1.165, 1.54) is 0 Å². The van der Waals surface area contributed by atoms with Gasteiger partial charge in [-0.3, -0.25) is 0 Å². The molecule has 3 heteroatoms. The lowest BCUT2D eigenvalue weighted by atomic mass is 10.1. The van der Waals surface area contributed by atoms with E-state index in [0.717, 1.165) is 20.6 Å². The maximum Gasteiger partial charge on any atom is 0.0464 e. The molecule has 0 radical (unpaired) electrons. The first kappa shape index (κ1) is 11.0. The van der Waals surface area contributed by atoms with E-state index in [0.29, 0.717) is 0 Å². The molecule has 13 heavy (non-hydrogen) atoms. The van der Waals surface area contributed by atoms with E-state index in [1.54, 1.807) is 0 Å². The molecule has 1 aromatic carbocycles. The second-order valence-corrected chi connectivity index (χ2v) is 4.34. The lowest BCUT2D eigenvalue weighted by Crippen LogP contribution is -2.11. The predicted molar refractivity (Wildman–Crippen MR) is 65.9 cm³/mol. The summed E-state index contributed by atoms with van der Waals surface area (Å²) in [6.07, 6.45) is 2.56. The Hall–Kier alpha value is -0.0600. The highest BCUT2D eigenvalue weighted by atomic mass is 127. The standard InChI is InChI=1S/C10H11ClIN/c1-2-4-9(13)10-7(11)5-3-6-8(10)12/h2-3,5-6,9H,1,4,13H2/t9-/m0/s1. The summed E-state index contributed by atoms with van der Waals surface area (Å²) < 4.78 is 1.11. The van der Waals surface area contributed by atoms with Crippen molar-refractivity contribution < 1.29 is 0 Å². The lowest BCUT2D eigenvalue weighted by Gasteiger charge is -2.13. The van der Waals surface area contributed by atoms with Crippen molar-refractivity contribution >= 4 is 34.2 Å². The van der Waals surface area contributed by atoms with Crippen molar-refractivity contribution in [3.63, 3.8) is 0 Å². The van der Waals surface area contributed by atoms with E-state index in [4.69, 9.17) is 17.3 Å². The molecule has 0 bridgehead atoms. The molecule has 0 saturated heterocycles. The van der Waals surface area contributed by atoms with Crippen LogP contribution in [0.4, 0.5) is 0 Å². The predicted octanol–water partition coefficient (Wildman–Crippen LogP) is 3.52. The summed E-state index contributed by atoms with van der Waals surface area (Å²) in [6.45, 7) is 3.66. The second kappa shape index (κ2) is 4.98. The van der Waals surface area contributed by atoms with E-state index in [2.05, 4.69) is 29.2 Å². The van der Waals surface area contributed by atoms with Crippen molar-refractivity contribution in [3.05, 3.63) is 45.0 Å². The van der Waals surface area contributed by atoms with Crippen LogP contribution in [0, 0.1) is 3.57 Å². The Labute approximate surface area is 97.1 Å². The number of hydrogen-bond acceptors (Lipinski definition) is 1. The van der Waals surface area contributed by atoms with Crippen molar-refractivity contribution in [2.24, 2.45) is 5.73 Å². The first-order valence-corrected chi connectivity index (χ1v) is 5.43. The first-order chi connectivity index (χ1) is 6.16. The van der Waals surface area contributed by atoms with Crippen molar-refractivity contribution in [3.8, 4) is 0 Å². The van der Waals surface area contributed by atoms with Gasteiger partial charge in [0.1, 0.15) is 0 Å². The maximum absolute atomic E-state index is 6.04. The van der Waals surface area contributed by atoms with Crippen LogP contribution in [-0.4, -0.2) is 0 Å². The van der Waals surface area contributed by atoms with Gasteiger partial charge in [0.25, 0.3) is 0 Å². The van der Waals surface area contributed by atoms with Gasteiger partial charge in [-0.2, -0.15) is 0 Å². The second-order valence-electron chi connectivity index (χ2n) is 2.77. The van der Waals surface area contributed by atoms with Crippen molar-refractivity contribution in [1.29, 1.82) is 0 Å². The number of nitrogens with two attached hydrogens (primary N) is 1. The van der Waals surface area contributed by atoms with Gasteiger partial charge in [0, 0.05) is 20.2 Å². The van der Waals surface area contributed by atoms with Crippen LogP contribution in [0.3, 0.4) is 0 Å². The van der Waals surface area contributed by atoms with Crippen LogP contribution in [0.15, 0.2) is 30.9 Å². The molecule has 0 aliphatic carbocycles. The van der Waals surface area contributed by atoms with Crippen LogP contribution in [0.5, 0.6) is 0 Å². The normalized spacial score (nSPS) is 12.5. The van der Waals surface area contributed by atoms with Crippen LogP contribution in [0.1, 0.15) is 18.0 Å². The van der Waals surface area contributed by atoms with Crippen LogP contribution in [-0.2, 0) is 0 Å². The summed E-state index contributed by atoms with van der Waals surface area (Å²) in [5.74, 6) is 0. The Morgan fingerprint density at radius 1 is 1.62 bits per heavy atom. The Kier molecular flexibility index (Phi) is 4.22. The zero-order chi connectivity index (χ0) is 9.84. The number of benzene rings is 1. The monoisotopic (exact) mass is 307 g/mol. The minimum Gasteiger partial charge on any atom is -0.324 e. The van der Waals surface area contributed by atoms with E-state index in [9.17, 15) is 0 Å². The molecular formula is C10H11ClIN. The van der Waals surface area contributed by atoms with Crippen molar-refractivity contribution in [2.75, 3.05) is 0 Å². The number of hydrogen-bond donors (Lipinski definition) is 1. The van der Waals surface area contributed by atoms with Gasteiger partial charge in [0.05, 0.1) is 0 Å². The summed E-state index contributed by atoms with van der Waals surface area (Å²) >= 11 is 8.28. The van der Waals surface area contributed by atoms with Gasteiger partial charge < -0.3 is 5.73 Å². The average molecular weight is 308 g/mol. The molecule has 0 unspecified atom stereocenters. The Morgan fingerprint density at radius 3 is 2.85 bits per heavy atom. The van der Waals surface area contributed by atoms with Gasteiger partial charge >= 0.3 is 0 Å². The summed E-state index contributed by atoms with van der Waals surface area (Å²) in [4.78, 5) is 0. The molecule has 0 fully saturated rings. The fraction of sp³-hybridized carbons (Fsp3) is 0.200. The molecule has 1 aromatic rings. The Balaban J connectivity index is 3.04. The third kappa shape index (κ3) is 2.69. The molecule has 0 amide bonds. The molecule has 0 aromatic heterocycles. The van der Waals surface area contributed by atoms with E-state index in [-0.39, 0.29) is 6.04 Å². The fourth-order valence-electron chi connectivity index (χ4n) is 1.16. The summed E-state index contributed by atoms with van der Waals surface area (Å²) in [5, 5.41) is 0.737. The fourth-order valence-corrected chi connectivity index (χ4v) is 2.53. The molecular weight excluding hydrogens is 296 g/mol. The van der Waals surface area contributed by atoms with Gasteiger partial charge in [-0.15, -0.1) is 6.58 Å². The first-order valence-electron chi connectivity index (χ1n) is 3.97. The summed E-state index contributed by atoms with van der Waals surface area (Å²) in [7, 11) is 0. The number of rotatable bonds is 3. The van der Waals surface area contributed by atoms with Crippen LogP contribution < -0.4 is 5.73 Å². The van der Waals surface area contributed by atoms with Gasteiger partial charge in [0.15, 0.2) is 0 Å². The molecule has 1 atom stereocenters. The Morgan fingerprint density at radius 2 is 2.31 bits per heavy atom. The highest BCUT2D eigenvalue weighted by Gasteiger charge is 2.11. The molecule has 0 spiro atoms. The van der Waals surface area contributed by atoms with E-state index in [1.807, 2.05) is 24.3 Å². The topological polar surface area (TPSA) is 26.0 Å². The highest BCUT2D eigenvalue weighted by molar-refractivity contribution is 14.1. The minimum absolute atomic E-state index is 0.0434. The van der Waals surface area contributed by atoms with Crippen molar-refractivity contribution in [2.45, 2.75) is 12.5 Å². The zero-order valence-corrected chi connectivity index (χ0v) is 10.0.